The number of aliphatic carboxylic acids is 1. The van der Waals surface area contributed by atoms with E-state index in [0.29, 0.717) is 38.9 Å². The molecule has 2 heterocycles. The number of hydrogen-bond donors (Lipinski definition) is 1. The van der Waals surface area contributed by atoms with Crippen LogP contribution in [-0.4, -0.2) is 64.9 Å². The molecule has 8 nitrogen and oxygen atoms in total. The Morgan fingerprint density at radius 3 is 2.60 bits per heavy atom. The van der Waals surface area contributed by atoms with Gasteiger partial charge in [0.2, 0.25) is 5.13 Å². The summed E-state index contributed by atoms with van der Waals surface area (Å²) in [4.78, 5) is 27.7. The van der Waals surface area contributed by atoms with E-state index in [1.54, 1.807) is 0 Å². The van der Waals surface area contributed by atoms with Crippen LogP contribution in [0.25, 0.3) is 10.6 Å². The van der Waals surface area contributed by atoms with Gasteiger partial charge in [-0.25, -0.2) is 4.39 Å². The van der Waals surface area contributed by atoms with Crippen molar-refractivity contribution in [1.29, 1.82) is 0 Å². The fourth-order valence-corrected chi connectivity index (χ4v) is 5.63. The molecule has 0 atom stereocenters. The number of halogens is 5. The van der Waals surface area contributed by atoms with E-state index in [1.807, 2.05) is 11.8 Å². The number of nitrogens with zero attached hydrogens (tertiary/aromatic N) is 4. The topological polar surface area (TPSA) is 95.9 Å². The first-order valence-electron chi connectivity index (χ1n) is 13.4. The molecular formula is C28H29ClF4N4O4S. The maximum Gasteiger partial charge on any atom is 0.419 e. The van der Waals surface area contributed by atoms with Gasteiger partial charge in [-0.05, 0) is 62.7 Å². The van der Waals surface area contributed by atoms with Crippen LogP contribution < -0.4 is 9.64 Å². The lowest BCUT2D eigenvalue weighted by Gasteiger charge is -2.29. The van der Waals surface area contributed by atoms with Gasteiger partial charge in [-0.2, -0.15) is 13.2 Å². The second-order valence-electron chi connectivity index (χ2n) is 9.81. The third-order valence-electron chi connectivity index (χ3n) is 6.94. The van der Waals surface area contributed by atoms with E-state index in [2.05, 4.69) is 10.2 Å². The van der Waals surface area contributed by atoms with Gasteiger partial charge in [-0.15, -0.1) is 10.2 Å². The van der Waals surface area contributed by atoms with Gasteiger partial charge in [0.15, 0.2) is 0 Å². The minimum Gasteiger partial charge on any atom is -0.492 e. The summed E-state index contributed by atoms with van der Waals surface area (Å²) in [6.07, 6.45) is -2.41. The number of alkyl halides is 3. The molecule has 1 saturated heterocycles. The van der Waals surface area contributed by atoms with Gasteiger partial charge >= 0.3 is 12.1 Å². The molecule has 226 valence electrons. The molecule has 0 radical (unpaired) electrons. The number of hydrogen-bond acceptors (Lipinski definition) is 7. The van der Waals surface area contributed by atoms with Crippen LogP contribution in [0.3, 0.4) is 0 Å². The Bertz CT molecular complexity index is 1410. The predicted octanol–water partition coefficient (Wildman–Crippen LogP) is 6.64. The summed E-state index contributed by atoms with van der Waals surface area (Å²) in [5.41, 5.74) is -0.899. The molecule has 0 saturated carbocycles. The third kappa shape index (κ3) is 7.56. The number of anilines is 1. The van der Waals surface area contributed by atoms with Crippen molar-refractivity contribution < 1.29 is 37.0 Å². The van der Waals surface area contributed by atoms with Crippen LogP contribution in [-0.2, 0) is 11.0 Å². The fourth-order valence-electron chi connectivity index (χ4n) is 4.55. The number of carbonyl (C=O) groups excluding carboxylic acids is 1. The van der Waals surface area contributed by atoms with Gasteiger partial charge in [0.05, 0.1) is 22.1 Å². The maximum absolute atomic E-state index is 14.0. The zero-order valence-electron chi connectivity index (χ0n) is 22.7. The molecule has 1 amide bonds. The first-order valence-corrected chi connectivity index (χ1v) is 14.6. The Balaban J connectivity index is 1.51. The summed E-state index contributed by atoms with van der Waals surface area (Å²) < 4.78 is 61.5. The lowest BCUT2D eigenvalue weighted by molar-refractivity contribution is -0.143. The quantitative estimate of drug-likeness (QED) is 0.238. The molecule has 1 aliphatic heterocycles. The van der Waals surface area contributed by atoms with Crippen molar-refractivity contribution in [3.05, 3.63) is 58.4 Å². The van der Waals surface area contributed by atoms with Gasteiger partial charge in [0.1, 0.15) is 23.2 Å². The van der Waals surface area contributed by atoms with E-state index in [1.165, 1.54) is 29.2 Å². The molecule has 0 aliphatic carbocycles. The number of amides is 1. The molecule has 1 fully saturated rings. The number of carbonyl (C=O) groups is 2. The summed E-state index contributed by atoms with van der Waals surface area (Å²) >= 11 is 6.96. The Morgan fingerprint density at radius 1 is 1.19 bits per heavy atom. The summed E-state index contributed by atoms with van der Waals surface area (Å²) in [6, 6.07) is 7.48. The van der Waals surface area contributed by atoms with Crippen LogP contribution in [0, 0.1) is 11.7 Å². The van der Waals surface area contributed by atoms with E-state index in [9.17, 15) is 27.2 Å². The van der Waals surface area contributed by atoms with Crippen LogP contribution in [0.5, 0.6) is 5.75 Å². The van der Waals surface area contributed by atoms with Gasteiger partial charge < -0.3 is 9.84 Å². The van der Waals surface area contributed by atoms with Crippen molar-refractivity contribution in [3.63, 3.8) is 0 Å². The van der Waals surface area contributed by atoms with Gasteiger partial charge in [-0.3, -0.25) is 19.4 Å². The van der Waals surface area contributed by atoms with E-state index >= 15 is 0 Å². The van der Waals surface area contributed by atoms with E-state index in [4.69, 9.17) is 21.4 Å². The Labute approximate surface area is 248 Å². The van der Waals surface area contributed by atoms with E-state index < -0.39 is 35.4 Å². The molecular weight excluding hydrogens is 600 g/mol. The molecule has 14 heteroatoms. The average Bonchev–Trinajstić information content (AvgIpc) is 3.44. The number of piperidine rings is 1. The molecule has 1 aliphatic rings. The van der Waals surface area contributed by atoms with Crippen molar-refractivity contribution in [2.75, 3.05) is 37.7 Å². The van der Waals surface area contributed by atoms with Crippen molar-refractivity contribution in [3.8, 4) is 16.3 Å². The monoisotopic (exact) mass is 628 g/mol. The van der Waals surface area contributed by atoms with Crippen LogP contribution in [0.15, 0.2) is 36.4 Å². The first-order chi connectivity index (χ1) is 20.0. The molecule has 42 heavy (non-hydrogen) atoms. The highest BCUT2D eigenvalue weighted by Crippen LogP contribution is 2.40. The van der Waals surface area contributed by atoms with Crippen LogP contribution in [0.2, 0.25) is 5.02 Å². The lowest BCUT2D eigenvalue weighted by Crippen LogP contribution is -2.38. The second-order valence-corrected chi connectivity index (χ2v) is 11.1. The van der Waals surface area contributed by atoms with Crippen LogP contribution in [0.1, 0.15) is 48.5 Å². The van der Waals surface area contributed by atoms with Crippen molar-refractivity contribution >= 4 is 39.9 Å². The fraction of sp³-hybridized carbons (Fsp3) is 0.429. The number of ether oxygens (including phenoxy) is 1. The normalized spacial score (nSPS) is 14.6. The van der Waals surface area contributed by atoms with Crippen molar-refractivity contribution in [1.82, 2.24) is 15.1 Å². The molecule has 0 unspecified atom stereocenters. The molecule has 1 aromatic heterocycles. The first kappa shape index (κ1) is 31.6. The smallest absolute Gasteiger partial charge is 0.419 e. The van der Waals surface area contributed by atoms with Crippen LogP contribution >= 0.6 is 22.9 Å². The third-order valence-corrected chi connectivity index (χ3v) is 8.32. The highest BCUT2D eigenvalue weighted by atomic mass is 35.5. The predicted molar refractivity (Wildman–Crippen MR) is 151 cm³/mol. The lowest BCUT2D eigenvalue weighted by atomic mass is 9.97. The number of likely N-dealkylation sites (tertiary alicyclic amines) is 1. The minimum absolute atomic E-state index is 0.000258. The Hall–Kier alpha value is -3.29. The highest BCUT2D eigenvalue weighted by molar-refractivity contribution is 7.18. The molecule has 0 bridgehead atoms. The zero-order chi connectivity index (χ0) is 30.4. The maximum atomic E-state index is 14.0. The SMILES string of the molecule is CCCCN(C(=O)c1cccc(F)c1Cl)c1nnc(-c2ccc(OCCN3CCC(C(=O)O)CC3)c(C(F)(F)F)c2)s1. The molecule has 0 spiro atoms. The summed E-state index contributed by atoms with van der Waals surface area (Å²) in [6.45, 7) is 3.59. The Kier molecular flexibility index (Phi) is 10.4. The number of benzene rings is 2. The molecule has 2 aromatic carbocycles. The average molecular weight is 629 g/mol. The van der Waals surface area contributed by atoms with Gasteiger partial charge in [-0.1, -0.05) is 42.3 Å². The molecule has 1 N–H and O–H groups in total. The number of unbranched alkanes of at least 4 members (excludes halogenated alkanes) is 1. The van der Waals surface area contributed by atoms with Crippen molar-refractivity contribution in [2.24, 2.45) is 5.92 Å². The summed E-state index contributed by atoms with van der Waals surface area (Å²) in [5, 5.41) is 17.2. The molecule has 3 aromatic rings. The van der Waals surface area contributed by atoms with Gasteiger partial charge in [0, 0.05) is 18.7 Å². The number of carboxylic acids is 1. The summed E-state index contributed by atoms with van der Waals surface area (Å²) in [5.74, 6) is -2.91. The molecule has 4 rings (SSSR count). The van der Waals surface area contributed by atoms with E-state index in [0.717, 1.165) is 29.9 Å². The van der Waals surface area contributed by atoms with Crippen LogP contribution in [0.4, 0.5) is 22.7 Å². The number of rotatable bonds is 11. The number of carboxylic acid groups (broad SMARTS) is 1. The number of aromatic nitrogens is 2. The second kappa shape index (κ2) is 13.8. The van der Waals surface area contributed by atoms with Crippen molar-refractivity contribution in [2.45, 2.75) is 38.8 Å². The largest absolute Gasteiger partial charge is 0.492 e. The standard InChI is InChI=1S/C28H29ClF4N4O4S/c1-2-3-11-37(25(38)19-5-4-6-21(30)23(19)29)27-35-34-24(42-27)18-7-8-22(20(16-18)28(31,32)33)41-15-14-36-12-9-17(10-13-36)26(39)40/h4-8,16-17H,2-3,9-15H2,1H3,(H,39,40). The zero-order valence-corrected chi connectivity index (χ0v) is 24.2. The Morgan fingerprint density at radius 2 is 1.93 bits per heavy atom. The van der Waals surface area contributed by atoms with E-state index in [-0.39, 0.29) is 45.2 Å². The minimum atomic E-state index is -4.71. The highest BCUT2D eigenvalue weighted by Gasteiger charge is 2.35. The van der Waals surface area contributed by atoms with Gasteiger partial charge in [0.25, 0.3) is 5.91 Å². The summed E-state index contributed by atoms with van der Waals surface area (Å²) in [7, 11) is 0.